The lowest BCUT2D eigenvalue weighted by atomic mass is 9.60. The van der Waals surface area contributed by atoms with E-state index in [-0.39, 0.29) is 17.4 Å². The summed E-state index contributed by atoms with van der Waals surface area (Å²) < 4.78 is 0. The first-order valence-corrected chi connectivity index (χ1v) is 5.97. The van der Waals surface area contributed by atoms with Crippen LogP contribution >= 0.6 is 0 Å². The van der Waals surface area contributed by atoms with Crippen molar-refractivity contribution in [1.82, 2.24) is 0 Å². The molecule has 16 heavy (non-hydrogen) atoms. The van der Waals surface area contributed by atoms with Crippen molar-refractivity contribution < 1.29 is 15.3 Å². The highest BCUT2D eigenvalue weighted by Crippen LogP contribution is 2.47. The van der Waals surface area contributed by atoms with Crippen molar-refractivity contribution in [2.24, 2.45) is 11.3 Å². The molecule has 1 aliphatic rings. The van der Waals surface area contributed by atoms with Crippen LogP contribution in [0.25, 0.3) is 0 Å². The molecule has 0 aliphatic heterocycles. The van der Waals surface area contributed by atoms with Gasteiger partial charge in [0.2, 0.25) is 0 Å². The number of aliphatic hydroxyl groups excluding tert-OH is 2. The van der Waals surface area contributed by atoms with Gasteiger partial charge in [0.25, 0.3) is 0 Å². The third-order valence-electron chi connectivity index (χ3n) is 3.84. The maximum Gasteiger partial charge on any atom is 0.0906 e. The summed E-state index contributed by atoms with van der Waals surface area (Å²) in [6, 6.07) is 0. The second-order valence-corrected chi connectivity index (χ2v) is 5.80. The summed E-state index contributed by atoms with van der Waals surface area (Å²) in [6.07, 6.45) is 3.61. The average molecular weight is 228 g/mol. The molecule has 3 heteroatoms. The number of hydrogen-bond acceptors (Lipinski definition) is 3. The fourth-order valence-corrected chi connectivity index (χ4v) is 2.77. The standard InChI is InChI=1S/C13H24O3/c1-9-7-11(15)8-12(3,4)13(9,16)6-5-10(2)14/h5-6,9-11,14-16H,7-8H2,1-4H3/b6-5+/t9-,10+,11-,13-/m0/s1. The van der Waals surface area contributed by atoms with Crippen LogP contribution in [-0.4, -0.2) is 33.1 Å². The minimum Gasteiger partial charge on any atom is -0.393 e. The zero-order valence-electron chi connectivity index (χ0n) is 10.6. The highest BCUT2D eigenvalue weighted by Gasteiger charge is 2.50. The van der Waals surface area contributed by atoms with E-state index in [1.165, 1.54) is 0 Å². The van der Waals surface area contributed by atoms with E-state index >= 15 is 0 Å². The van der Waals surface area contributed by atoms with Gasteiger partial charge in [-0.05, 0) is 31.1 Å². The van der Waals surface area contributed by atoms with Crippen LogP contribution in [0.1, 0.15) is 40.5 Å². The molecule has 0 amide bonds. The third kappa shape index (κ3) is 2.47. The van der Waals surface area contributed by atoms with Crippen molar-refractivity contribution in [1.29, 1.82) is 0 Å². The summed E-state index contributed by atoms with van der Waals surface area (Å²) >= 11 is 0. The van der Waals surface area contributed by atoms with Crippen LogP contribution in [0.2, 0.25) is 0 Å². The number of rotatable bonds is 2. The molecule has 3 nitrogen and oxygen atoms in total. The second-order valence-electron chi connectivity index (χ2n) is 5.80. The zero-order valence-corrected chi connectivity index (χ0v) is 10.6. The Morgan fingerprint density at radius 3 is 2.38 bits per heavy atom. The summed E-state index contributed by atoms with van der Waals surface area (Å²) in [5, 5.41) is 29.7. The van der Waals surface area contributed by atoms with Crippen molar-refractivity contribution in [2.75, 3.05) is 0 Å². The fraction of sp³-hybridized carbons (Fsp3) is 0.846. The van der Waals surface area contributed by atoms with E-state index in [0.717, 1.165) is 0 Å². The zero-order chi connectivity index (χ0) is 12.6. The fourth-order valence-electron chi connectivity index (χ4n) is 2.77. The second kappa shape index (κ2) is 4.47. The molecular formula is C13H24O3. The van der Waals surface area contributed by atoms with E-state index in [2.05, 4.69) is 0 Å². The molecule has 0 heterocycles. The van der Waals surface area contributed by atoms with Gasteiger partial charge in [-0.25, -0.2) is 0 Å². The smallest absolute Gasteiger partial charge is 0.0906 e. The van der Waals surface area contributed by atoms with Gasteiger partial charge in [-0.3, -0.25) is 0 Å². The Bertz CT molecular complexity index is 270. The van der Waals surface area contributed by atoms with Crippen LogP contribution in [0.4, 0.5) is 0 Å². The Labute approximate surface area is 97.8 Å². The lowest BCUT2D eigenvalue weighted by Gasteiger charge is -2.50. The van der Waals surface area contributed by atoms with Gasteiger partial charge in [0.1, 0.15) is 0 Å². The highest BCUT2D eigenvalue weighted by atomic mass is 16.3. The molecule has 4 atom stereocenters. The SMILES string of the molecule is C[C@@H](O)/C=C/[C@]1(O)[C@@H](C)C[C@H](O)CC1(C)C. The van der Waals surface area contributed by atoms with Crippen LogP contribution in [0.15, 0.2) is 12.2 Å². The molecular weight excluding hydrogens is 204 g/mol. The molecule has 0 saturated heterocycles. The molecule has 1 aliphatic carbocycles. The number of hydrogen-bond donors (Lipinski definition) is 3. The molecule has 0 radical (unpaired) electrons. The molecule has 1 saturated carbocycles. The van der Waals surface area contributed by atoms with Crippen molar-refractivity contribution >= 4 is 0 Å². The van der Waals surface area contributed by atoms with E-state index in [1.807, 2.05) is 20.8 Å². The average Bonchev–Trinajstić information content (AvgIpc) is 2.10. The van der Waals surface area contributed by atoms with Gasteiger partial charge in [-0.1, -0.05) is 32.9 Å². The van der Waals surface area contributed by atoms with Gasteiger partial charge >= 0.3 is 0 Å². The number of aliphatic hydroxyl groups is 3. The predicted molar refractivity (Wildman–Crippen MR) is 64.0 cm³/mol. The quantitative estimate of drug-likeness (QED) is 0.627. The third-order valence-corrected chi connectivity index (χ3v) is 3.84. The molecule has 0 bridgehead atoms. The molecule has 0 aromatic heterocycles. The minimum absolute atomic E-state index is 0.0127. The first-order chi connectivity index (χ1) is 7.19. The molecule has 3 N–H and O–H groups in total. The van der Waals surface area contributed by atoms with Gasteiger partial charge in [0.05, 0.1) is 17.8 Å². The van der Waals surface area contributed by atoms with Gasteiger partial charge in [0, 0.05) is 0 Å². The Balaban J connectivity index is 2.98. The van der Waals surface area contributed by atoms with Gasteiger partial charge in [-0.2, -0.15) is 0 Å². The van der Waals surface area contributed by atoms with E-state index in [1.54, 1.807) is 19.1 Å². The minimum atomic E-state index is -0.955. The Morgan fingerprint density at radius 2 is 1.94 bits per heavy atom. The van der Waals surface area contributed by atoms with Crippen LogP contribution in [0, 0.1) is 11.3 Å². The monoisotopic (exact) mass is 228 g/mol. The molecule has 1 fully saturated rings. The predicted octanol–water partition coefficient (Wildman–Crippen LogP) is 1.47. The lowest BCUT2D eigenvalue weighted by Crippen LogP contribution is -2.54. The topological polar surface area (TPSA) is 60.7 Å². The van der Waals surface area contributed by atoms with Crippen molar-refractivity contribution in [3.8, 4) is 0 Å². The molecule has 0 unspecified atom stereocenters. The molecule has 94 valence electrons. The van der Waals surface area contributed by atoms with Crippen molar-refractivity contribution in [2.45, 2.75) is 58.3 Å². The van der Waals surface area contributed by atoms with Crippen LogP contribution in [0.3, 0.4) is 0 Å². The van der Waals surface area contributed by atoms with Gasteiger partial charge in [-0.15, -0.1) is 0 Å². The normalized spacial score (nSPS) is 41.2. The first kappa shape index (κ1) is 13.7. The Kier molecular flexibility index (Phi) is 3.83. The summed E-state index contributed by atoms with van der Waals surface area (Å²) in [6.45, 7) is 7.52. The van der Waals surface area contributed by atoms with Crippen molar-refractivity contribution in [3.63, 3.8) is 0 Å². The van der Waals surface area contributed by atoms with Crippen LogP contribution in [0.5, 0.6) is 0 Å². The van der Waals surface area contributed by atoms with Crippen LogP contribution < -0.4 is 0 Å². The Hall–Kier alpha value is -0.380. The summed E-state index contributed by atoms with van der Waals surface area (Å²) in [7, 11) is 0. The maximum atomic E-state index is 10.7. The molecule has 0 spiro atoms. The van der Waals surface area contributed by atoms with E-state index < -0.39 is 11.7 Å². The highest BCUT2D eigenvalue weighted by molar-refractivity contribution is 5.14. The van der Waals surface area contributed by atoms with Gasteiger partial charge < -0.3 is 15.3 Å². The largest absolute Gasteiger partial charge is 0.393 e. The van der Waals surface area contributed by atoms with Crippen molar-refractivity contribution in [3.05, 3.63) is 12.2 Å². The van der Waals surface area contributed by atoms with E-state index in [4.69, 9.17) is 0 Å². The Morgan fingerprint density at radius 1 is 1.38 bits per heavy atom. The van der Waals surface area contributed by atoms with E-state index in [0.29, 0.717) is 12.8 Å². The van der Waals surface area contributed by atoms with Gasteiger partial charge in [0.15, 0.2) is 0 Å². The summed E-state index contributed by atoms with van der Waals surface area (Å²) in [5.74, 6) is -0.0127. The van der Waals surface area contributed by atoms with E-state index in [9.17, 15) is 15.3 Å². The lowest BCUT2D eigenvalue weighted by molar-refractivity contribution is -0.127. The molecule has 1 rings (SSSR count). The molecule has 0 aromatic rings. The summed E-state index contributed by atoms with van der Waals surface area (Å²) in [4.78, 5) is 0. The summed E-state index contributed by atoms with van der Waals surface area (Å²) in [5.41, 5.74) is -1.33. The maximum absolute atomic E-state index is 10.7. The first-order valence-electron chi connectivity index (χ1n) is 5.97. The molecule has 0 aromatic carbocycles. The van der Waals surface area contributed by atoms with Crippen LogP contribution in [-0.2, 0) is 0 Å².